The van der Waals surface area contributed by atoms with E-state index in [1.165, 1.54) is 11.8 Å². The monoisotopic (exact) mass is 405 g/mol. The summed E-state index contributed by atoms with van der Waals surface area (Å²) < 4.78 is 5.12. The van der Waals surface area contributed by atoms with Gasteiger partial charge < -0.3 is 9.72 Å². The smallest absolute Gasteiger partial charge is 0.338 e. The van der Waals surface area contributed by atoms with E-state index in [1.807, 2.05) is 55.5 Å². The summed E-state index contributed by atoms with van der Waals surface area (Å²) in [7, 11) is 0. The topological polar surface area (TPSA) is 95.8 Å². The van der Waals surface area contributed by atoms with Gasteiger partial charge in [-0.1, -0.05) is 61.2 Å². The normalized spacial score (nSPS) is 10.3. The Balaban J connectivity index is 1.76. The van der Waals surface area contributed by atoms with Gasteiger partial charge in [0.15, 0.2) is 5.16 Å². The van der Waals surface area contributed by atoms with Crippen molar-refractivity contribution in [3.63, 3.8) is 0 Å². The number of aromatic amines is 1. The average Bonchev–Trinajstić information content (AvgIpc) is 2.76. The molecule has 0 atom stereocenters. The molecule has 0 saturated heterocycles. The summed E-state index contributed by atoms with van der Waals surface area (Å²) in [5, 5.41) is 9.76. The van der Waals surface area contributed by atoms with Gasteiger partial charge in [0.2, 0.25) is 0 Å². The summed E-state index contributed by atoms with van der Waals surface area (Å²) >= 11 is 1.35. The van der Waals surface area contributed by atoms with Crippen LogP contribution < -0.4 is 5.56 Å². The molecule has 2 aromatic carbocycles. The molecule has 3 rings (SSSR count). The lowest BCUT2D eigenvalue weighted by molar-refractivity contribution is 0.0505. The zero-order chi connectivity index (χ0) is 20.6. The molecule has 0 unspecified atom stereocenters. The van der Waals surface area contributed by atoms with Gasteiger partial charge in [-0.2, -0.15) is 5.26 Å². The predicted octanol–water partition coefficient (Wildman–Crippen LogP) is 4.17. The number of hydrogen-bond acceptors (Lipinski definition) is 6. The number of nitriles is 1. The summed E-state index contributed by atoms with van der Waals surface area (Å²) in [5.41, 5.74) is 2.09. The summed E-state index contributed by atoms with van der Waals surface area (Å²) in [6.45, 7) is 2.34. The molecule has 0 spiro atoms. The van der Waals surface area contributed by atoms with Gasteiger partial charge in [0.05, 0.1) is 17.9 Å². The van der Waals surface area contributed by atoms with E-state index in [0.29, 0.717) is 34.3 Å². The molecule has 1 aromatic heterocycles. The second-order valence-electron chi connectivity index (χ2n) is 6.19. The van der Waals surface area contributed by atoms with Gasteiger partial charge in [0.25, 0.3) is 5.56 Å². The molecular formula is C22H19N3O3S. The Hall–Kier alpha value is -3.37. The van der Waals surface area contributed by atoms with Gasteiger partial charge in [0, 0.05) is 11.3 Å². The number of esters is 1. The first-order valence-corrected chi connectivity index (χ1v) is 10.1. The average molecular weight is 405 g/mol. The van der Waals surface area contributed by atoms with Gasteiger partial charge in [0.1, 0.15) is 11.6 Å². The third-order valence-corrected chi connectivity index (χ3v) is 5.00. The molecule has 1 heterocycles. The number of nitrogens with one attached hydrogen (secondary N) is 1. The summed E-state index contributed by atoms with van der Waals surface area (Å²) in [6, 6.07) is 18.2. The fraction of sp³-hybridized carbons (Fsp3) is 0.182. The minimum atomic E-state index is -0.460. The van der Waals surface area contributed by atoms with Crippen LogP contribution in [0.2, 0.25) is 0 Å². The van der Waals surface area contributed by atoms with Crippen LogP contribution in [0, 0.1) is 11.3 Å². The molecule has 1 N–H and O–H groups in total. The Bertz CT molecular complexity index is 1090. The number of nitrogens with zero attached hydrogens (tertiary/aromatic N) is 2. The van der Waals surface area contributed by atoms with Gasteiger partial charge in [-0.3, -0.25) is 4.79 Å². The van der Waals surface area contributed by atoms with Gasteiger partial charge >= 0.3 is 5.97 Å². The van der Waals surface area contributed by atoms with E-state index in [1.54, 1.807) is 12.1 Å². The highest BCUT2D eigenvalue weighted by Crippen LogP contribution is 2.24. The van der Waals surface area contributed by atoms with Crippen LogP contribution in [0.5, 0.6) is 0 Å². The number of carbonyl (C=O) groups excluding carboxylic acids is 1. The van der Waals surface area contributed by atoms with E-state index < -0.39 is 5.56 Å². The maximum atomic E-state index is 12.3. The van der Waals surface area contributed by atoms with Crippen molar-refractivity contribution in [1.29, 1.82) is 5.26 Å². The molecule has 0 aliphatic heterocycles. The predicted molar refractivity (Wildman–Crippen MR) is 112 cm³/mol. The molecule has 6 nitrogen and oxygen atoms in total. The molecule has 0 bridgehead atoms. The summed E-state index contributed by atoms with van der Waals surface area (Å²) in [5.74, 6) is 0.213. The van der Waals surface area contributed by atoms with Gasteiger partial charge in [-0.15, -0.1) is 0 Å². The highest BCUT2D eigenvalue weighted by atomic mass is 32.2. The maximum Gasteiger partial charge on any atom is 0.338 e. The van der Waals surface area contributed by atoms with Crippen molar-refractivity contribution in [1.82, 2.24) is 9.97 Å². The first kappa shape index (κ1) is 20.4. The number of thioether (sulfide) groups is 1. The van der Waals surface area contributed by atoms with Crippen LogP contribution in [0.3, 0.4) is 0 Å². The third-order valence-electron chi connectivity index (χ3n) is 4.06. The largest absolute Gasteiger partial charge is 0.462 e. The Labute approximate surface area is 172 Å². The van der Waals surface area contributed by atoms with E-state index >= 15 is 0 Å². The number of ether oxygens (including phenoxy) is 1. The first-order valence-electron chi connectivity index (χ1n) is 9.11. The second-order valence-corrected chi connectivity index (χ2v) is 7.16. The van der Waals surface area contributed by atoms with E-state index in [9.17, 15) is 14.9 Å². The standard InChI is InChI=1S/C22H19N3O3S/c1-2-12-28-21(27)17-10-8-15(9-11-17)14-29-22-24-19(16-6-4-3-5-7-16)18(13-23)20(26)25-22/h3-11H,2,12,14H2,1H3,(H,24,25,26). The lowest BCUT2D eigenvalue weighted by Gasteiger charge is -2.07. The number of rotatable bonds is 7. The molecule has 0 fully saturated rings. The van der Waals surface area contributed by atoms with Crippen molar-refractivity contribution >= 4 is 17.7 Å². The lowest BCUT2D eigenvalue weighted by atomic mass is 10.1. The van der Waals surface area contributed by atoms with Gasteiger partial charge in [-0.25, -0.2) is 9.78 Å². The lowest BCUT2D eigenvalue weighted by Crippen LogP contribution is -2.14. The first-order chi connectivity index (χ1) is 14.1. The third kappa shape index (κ3) is 5.12. The van der Waals surface area contributed by atoms with Gasteiger partial charge in [-0.05, 0) is 24.1 Å². The van der Waals surface area contributed by atoms with Crippen LogP contribution in [-0.4, -0.2) is 22.5 Å². The van der Waals surface area contributed by atoms with Crippen LogP contribution >= 0.6 is 11.8 Å². The number of carbonyl (C=O) groups is 1. The van der Waals surface area contributed by atoms with Crippen LogP contribution in [0.4, 0.5) is 0 Å². The number of benzene rings is 2. The van der Waals surface area contributed by atoms with E-state index in [0.717, 1.165) is 12.0 Å². The van der Waals surface area contributed by atoms with Crippen molar-refractivity contribution in [2.24, 2.45) is 0 Å². The molecule has 0 amide bonds. The molecule has 146 valence electrons. The molecule has 0 aliphatic rings. The van der Waals surface area contributed by atoms with Crippen molar-refractivity contribution in [3.05, 3.63) is 81.6 Å². The fourth-order valence-corrected chi connectivity index (χ4v) is 3.41. The van der Waals surface area contributed by atoms with E-state index in [-0.39, 0.29) is 11.5 Å². The highest BCUT2D eigenvalue weighted by molar-refractivity contribution is 7.98. The summed E-state index contributed by atoms with van der Waals surface area (Å²) in [6.07, 6.45) is 0.779. The second kappa shape index (κ2) is 9.71. The minimum absolute atomic E-state index is 0.00417. The maximum absolute atomic E-state index is 12.3. The minimum Gasteiger partial charge on any atom is -0.462 e. The van der Waals surface area contributed by atoms with E-state index in [2.05, 4.69) is 9.97 Å². The zero-order valence-electron chi connectivity index (χ0n) is 15.8. The van der Waals surface area contributed by atoms with E-state index in [4.69, 9.17) is 4.74 Å². The Kier molecular flexibility index (Phi) is 6.82. The summed E-state index contributed by atoms with van der Waals surface area (Å²) in [4.78, 5) is 31.3. The molecule has 3 aromatic rings. The number of hydrogen-bond donors (Lipinski definition) is 1. The number of aromatic nitrogens is 2. The number of H-pyrrole nitrogens is 1. The van der Waals surface area contributed by atoms with Crippen LogP contribution in [-0.2, 0) is 10.5 Å². The van der Waals surface area contributed by atoms with Crippen molar-refractivity contribution < 1.29 is 9.53 Å². The quantitative estimate of drug-likeness (QED) is 0.360. The van der Waals surface area contributed by atoms with Crippen LogP contribution in [0.15, 0.2) is 64.5 Å². The van der Waals surface area contributed by atoms with Crippen molar-refractivity contribution in [2.45, 2.75) is 24.3 Å². The molecule has 29 heavy (non-hydrogen) atoms. The molecule has 0 saturated carbocycles. The molecule has 0 radical (unpaired) electrons. The zero-order valence-corrected chi connectivity index (χ0v) is 16.7. The highest BCUT2D eigenvalue weighted by Gasteiger charge is 2.13. The van der Waals surface area contributed by atoms with Crippen LogP contribution in [0.25, 0.3) is 11.3 Å². The molecule has 7 heteroatoms. The molecular weight excluding hydrogens is 386 g/mol. The van der Waals surface area contributed by atoms with Crippen molar-refractivity contribution in [3.8, 4) is 17.3 Å². The molecule has 0 aliphatic carbocycles. The van der Waals surface area contributed by atoms with Crippen molar-refractivity contribution in [2.75, 3.05) is 6.61 Å². The SMILES string of the molecule is CCCOC(=O)c1ccc(CSc2nc(-c3ccccc3)c(C#N)c(=O)[nH]2)cc1. The Morgan fingerprint density at radius 1 is 1.17 bits per heavy atom. The fourth-order valence-electron chi connectivity index (χ4n) is 2.60. The Morgan fingerprint density at radius 2 is 1.90 bits per heavy atom. The Morgan fingerprint density at radius 3 is 2.55 bits per heavy atom. The van der Waals surface area contributed by atoms with Crippen LogP contribution in [0.1, 0.15) is 34.8 Å².